The van der Waals surface area contributed by atoms with Crippen molar-refractivity contribution in [1.82, 2.24) is 15.6 Å². The van der Waals surface area contributed by atoms with Gasteiger partial charge in [-0.3, -0.25) is 4.79 Å². The van der Waals surface area contributed by atoms with Crippen LogP contribution in [0, 0.1) is 12.8 Å². The van der Waals surface area contributed by atoms with Crippen molar-refractivity contribution in [3.63, 3.8) is 0 Å². The maximum Gasteiger partial charge on any atom is 0.253 e. The summed E-state index contributed by atoms with van der Waals surface area (Å²) < 4.78 is 5.70. The van der Waals surface area contributed by atoms with E-state index in [0.717, 1.165) is 25.4 Å². The first-order chi connectivity index (χ1) is 12.1. The number of amides is 1. The van der Waals surface area contributed by atoms with Gasteiger partial charge in [-0.1, -0.05) is 0 Å². The number of piperidine rings is 1. The highest BCUT2D eigenvalue weighted by molar-refractivity contribution is 5.95. The second-order valence-electron chi connectivity index (χ2n) is 6.50. The van der Waals surface area contributed by atoms with Gasteiger partial charge in [0.1, 0.15) is 0 Å². The smallest absolute Gasteiger partial charge is 0.253 e. The largest absolute Gasteiger partial charge is 0.478 e. The van der Waals surface area contributed by atoms with E-state index >= 15 is 0 Å². The fourth-order valence-corrected chi connectivity index (χ4v) is 2.99. The maximum absolute atomic E-state index is 12.1. The van der Waals surface area contributed by atoms with Crippen molar-refractivity contribution < 1.29 is 19.7 Å². The van der Waals surface area contributed by atoms with Gasteiger partial charge in [0, 0.05) is 6.07 Å². The van der Waals surface area contributed by atoms with E-state index in [2.05, 4.69) is 15.6 Å². The van der Waals surface area contributed by atoms with Crippen molar-refractivity contribution in [3.8, 4) is 5.88 Å². The summed E-state index contributed by atoms with van der Waals surface area (Å²) in [6, 6.07) is 2.67. The summed E-state index contributed by atoms with van der Waals surface area (Å²) in [5.41, 5.74) is 0.969. The Hall–Kier alpha value is -1.70. The Labute approximate surface area is 148 Å². The molecule has 1 aliphatic rings. The van der Waals surface area contributed by atoms with Crippen LogP contribution in [0.3, 0.4) is 0 Å². The lowest BCUT2D eigenvalue weighted by molar-refractivity contribution is 0.0878. The number of ether oxygens (including phenoxy) is 1. The van der Waals surface area contributed by atoms with Gasteiger partial charge in [0.2, 0.25) is 5.88 Å². The van der Waals surface area contributed by atoms with Gasteiger partial charge in [-0.2, -0.15) is 0 Å². The molecule has 1 aromatic rings. The lowest BCUT2D eigenvalue weighted by Gasteiger charge is -2.22. The first-order valence-electron chi connectivity index (χ1n) is 8.97. The van der Waals surface area contributed by atoms with Crippen molar-refractivity contribution in [2.75, 3.05) is 32.9 Å². The number of rotatable bonds is 9. The molecular weight excluding hydrogens is 322 g/mol. The van der Waals surface area contributed by atoms with Crippen molar-refractivity contribution in [2.24, 2.45) is 5.92 Å². The molecule has 1 aromatic heterocycles. The Bertz CT molecular complexity index is 543. The van der Waals surface area contributed by atoms with E-state index in [4.69, 9.17) is 14.9 Å². The van der Waals surface area contributed by atoms with Crippen molar-refractivity contribution in [3.05, 3.63) is 23.4 Å². The predicted molar refractivity (Wildman–Crippen MR) is 94.7 cm³/mol. The molecule has 0 spiro atoms. The average molecular weight is 351 g/mol. The molecular formula is C18H29N3O4. The molecule has 2 rings (SSSR count). The number of hydrogen-bond donors (Lipinski definition) is 4. The van der Waals surface area contributed by atoms with Gasteiger partial charge in [0.25, 0.3) is 5.91 Å². The average Bonchev–Trinajstić information content (AvgIpc) is 2.64. The number of aliphatic hydroxyl groups is 2. The van der Waals surface area contributed by atoms with Gasteiger partial charge in [0.05, 0.1) is 37.1 Å². The minimum absolute atomic E-state index is 0.313. The van der Waals surface area contributed by atoms with Crippen LogP contribution in [0.1, 0.15) is 41.7 Å². The number of hydrogen-bond acceptors (Lipinski definition) is 6. The molecule has 7 heteroatoms. The quantitative estimate of drug-likeness (QED) is 0.487. The van der Waals surface area contributed by atoms with Gasteiger partial charge in [-0.15, -0.1) is 0 Å². The van der Waals surface area contributed by atoms with E-state index in [0.29, 0.717) is 23.7 Å². The molecule has 0 radical (unpaired) electrons. The molecule has 2 heterocycles. The van der Waals surface area contributed by atoms with E-state index in [1.807, 2.05) is 0 Å². The maximum atomic E-state index is 12.1. The third-order valence-corrected chi connectivity index (χ3v) is 4.55. The lowest BCUT2D eigenvalue weighted by atomic mass is 9.93. The van der Waals surface area contributed by atoms with Crippen LogP contribution in [0.25, 0.3) is 0 Å². The Morgan fingerprint density at radius 1 is 1.36 bits per heavy atom. The van der Waals surface area contributed by atoms with Gasteiger partial charge in [0.15, 0.2) is 0 Å². The molecule has 7 nitrogen and oxygen atoms in total. The van der Waals surface area contributed by atoms with E-state index in [1.54, 1.807) is 19.1 Å². The van der Waals surface area contributed by atoms with Gasteiger partial charge in [-0.05, 0) is 57.7 Å². The fourth-order valence-electron chi connectivity index (χ4n) is 2.99. The summed E-state index contributed by atoms with van der Waals surface area (Å²) in [7, 11) is 0. The molecule has 1 saturated heterocycles. The van der Waals surface area contributed by atoms with Crippen molar-refractivity contribution >= 4 is 5.91 Å². The Balaban J connectivity index is 1.79. The Kier molecular flexibility index (Phi) is 8.11. The van der Waals surface area contributed by atoms with Crippen LogP contribution in [0.2, 0.25) is 0 Å². The van der Waals surface area contributed by atoms with E-state index in [1.165, 1.54) is 19.3 Å². The SMILES string of the molecule is Cc1nc(OCCCC2CCNCC2)ccc1C(=O)NC(CO)CO. The zero-order valence-corrected chi connectivity index (χ0v) is 14.8. The highest BCUT2D eigenvalue weighted by Crippen LogP contribution is 2.18. The summed E-state index contributed by atoms with van der Waals surface area (Å²) in [4.78, 5) is 16.4. The third kappa shape index (κ3) is 6.26. The van der Waals surface area contributed by atoms with Crippen LogP contribution in [-0.2, 0) is 0 Å². The number of pyridine rings is 1. The molecule has 25 heavy (non-hydrogen) atoms. The van der Waals surface area contributed by atoms with Crippen LogP contribution in [0.5, 0.6) is 5.88 Å². The van der Waals surface area contributed by atoms with E-state index in [9.17, 15) is 4.79 Å². The van der Waals surface area contributed by atoms with Crippen LogP contribution in [-0.4, -0.2) is 60.1 Å². The molecule has 0 atom stereocenters. The molecule has 1 amide bonds. The summed E-state index contributed by atoms with van der Waals surface area (Å²) in [5, 5.41) is 24.0. The molecule has 0 bridgehead atoms. The highest BCUT2D eigenvalue weighted by Gasteiger charge is 2.16. The Morgan fingerprint density at radius 3 is 2.72 bits per heavy atom. The number of nitrogens with one attached hydrogen (secondary N) is 2. The number of aliphatic hydroxyl groups excluding tert-OH is 2. The van der Waals surface area contributed by atoms with Gasteiger partial charge in [-0.25, -0.2) is 4.98 Å². The lowest BCUT2D eigenvalue weighted by Crippen LogP contribution is -2.40. The van der Waals surface area contributed by atoms with Crippen LogP contribution < -0.4 is 15.4 Å². The van der Waals surface area contributed by atoms with E-state index < -0.39 is 6.04 Å². The summed E-state index contributed by atoms with van der Waals surface area (Å²) >= 11 is 0. The number of carbonyl (C=O) groups is 1. The zero-order valence-electron chi connectivity index (χ0n) is 14.8. The summed E-state index contributed by atoms with van der Waals surface area (Å²) in [6.07, 6.45) is 4.65. The molecule has 1 aliphatic heterocycles. The molecule has 0 aromatic carbocycles. The van der Waals surface area contributed by atoms with Gasteiger partial charge < -0.3 is 25.6 Å². The predicted octanol–water partition coefficient (Wildman–Crippen LogP) is 0.632. The van der Waals surface area contributed by atoms with Gasteiger partial charge >= 0.3 is 0 Å². The van der Waals surface area contributed by atoms with Crippen LogP contribution >= 0.6 is 0 Å². The molecule has 1 fully saturated rings. The minimum Gasteiger partial charge on any atom is -0.478 e. The topological polar surface area (TPSA) is 104 Å². The molecule has 140 valence electrons. The highest BCUT2D eigenvalue weighted by atomic mass is 16.5. The van der Waals surface area contributed by atoms with Crippen molar-refractivity contribution in [2.45, 2.75) is 38.6 Å². The van der Waals surface area contributed by atoms with E-state index in [-0.39, 0.29) is 19.1 Å². The minimum atomic E-state index is -0.669. The number of carbonyl (C=O) groups excluding carboxylic acids is 1. The molecule has 0 aliphatic carbocycles. The third-order valence-electron chi connectivity index (χ3n) is 4.55. The molecule has 4 N–H and O–H groups in total. The second-order valence-corrected chi connectivity index (χ2v) is 6.50. The monoisotopic (exact) mass is 351 g/mol. The number of nitrogens with zero attached hydrogens (tertiary/aromatic N) is 1. The normalized spacial score (nSPS) is 15.4. The first kappa shape index (κ1) is 19.6. The van der Waals surface area contributed by atoms with Crippen molar-refractivity contribution in [1.29, 1.82) is 0 Å². The number of aromatic nitrogens is 1. The zero-order chi connectivity index (χ0) is 18.1. The Morgan fingerprint density at radius 2 is 2.08 bits per heavy atom. The van der Waals surface area contributed by atoms with Crippen LogP contribution in [0.4, 0.5) is 0 Å². The molecule has 0 unspecified atom stereocenters. The van der Waals surface area contributed by atoms with Crippen LogP contribution in [0.15, 0.2) is 12.1 Å². The number of aryl methyl sites for hydroxylation is 1. The summed E-state index contributed by atoms with van der Waals surface area (Å²) in [5.74, 6) is 0.937. The second kappa shape index (κ2) is 10.3. The first-order valence-corrected chi connectivity index (χ1v) is 8.97. The molecule has 0 saturated carbocycles. The standard InChI is InChI=1S/C18H29N3O4/c1-13-16(18(24)21-15(11-22)12-23)4-5-17(20-13)25-10-2-3-14-6-8-19-9-7-14/h4-5,14-15,19,22-23H,2-3,6-12H2,1H3,(H,21,24). The summed E-state index contributed by atoms with van der Waals surface area (Å²) in [6.45, 7) is 3.97. The fraction of sp³-hybridized carbons (Fsp3) is 0.667.